The first-order chi connectivity index (χ1) is 11.2. The predicted octanol–water partition coefficient (Wildman–Crippen LogP) is 2.53. The third-order valence-corrected chi connectivity index (χ3v) is 3.86. The largest absolute Gasteiger partial charge is 0.495 e. The summed E-state index contributed by atoms with van der Waals surface area (Å²) in [6.45, 7) is 5.33. The van der Waals surface area contributed by atoms with Gasteiger partial charge in [-0.25, -0.2) is 0 Å². The maximum atomic E-state index is 5.63. The van der Waals surface area contributed by atoms with Gasteiger partial charge in [0.1, 0.15) is 5.75 Å². The first-order valence-electron chi connectivity index (χ1n) is 8.05. The molecular weight excluding hydrogens is 288 g/mol. The van der Waals surface area contributed by atoms with Crippen LogP contribution in [0.3, 0.4) is 0 Å². The molecule has 0 aliphatic heterocycles. The second kappa shape index (κ2) is 9.22. The Morgan fingerprint density at radius 2 is 1.74 bits per heavy atom. The summed E-state index contributed by atoms with van der Waals surface area (Å²) in [5.74, 6) is 0.828. The molecule has 2 aromatic rings. The average molecular weight is 314 g/mol. The molecule has 0 radical (unpaired) electrons. The van der Waals surface area contributed by atoms with Gasteiger partial charge in [0, 0.05) is 25.5 Å². The molecule has 2 heterocycles. The number of hydrogen-bond donors (Lipinski definition) is 1. The summed E-state index contributed by atoms with van der Waals surface area (Å²) in [6.07, 6.45) is 5.75. The van der Waals surface area contributed by atoms with Crippen molar-refractivity contribution in [2.45, 2.75) is 32.9 Å². The van der Waals surface area contributed by atoms with Gasteiger partial charge in [0.15, 0.2) is 0 Å². The number of rotatable bonds is 9. The van der Waals surface area contributed by atoms with Gasteiger partial charge in [-0.2, -0.15) is 0 Å². The first kappa shape index (κ1) is 17.4. The summed E-state index contributed by atoms with van der Waals surface area (Å²) in [5.41, 5.74) is 8.90. The van der Waals surface area contributed by atoms with Crippen molar-refractivity contribution in [2.75, 3.05) is 20.2 Å². The first-order valence-corrected chi connectivity index (χ1v) is 8.05. The Labute approximate surface area is 138 Å². The minimum absolute atomic E-state index is 0.726. The molecule has 0 atom stereocenters. The molecule has 5 nitrogen and oxygen atoms in total. The van der Waals surface area contributed by atoms with Crippen LogP contribution < -0.4 is 10.5 Å². The predicted molar refractivity (Wildman–Crippen MR) is 92.2 cm³/mol. The van der Waals surface area contributed by atoms with E-state index in [4.69, 9.17) is 10.5 Å². The summed E-state index contributed by atoms with van der Waals surface area (Å²) in [6, 6.07) is 7.91. The molecular formula is C18H26N4O. The van der Waals surface area contributed by atoms with Crippen molar-refractivity contribution in [3.8, 4) is 5.75 Å². The van der Waals surface area contributed by atoms with Crippen LogP contribution in [0.25, 0.3) is 0 Å². The van der Waals surface area contributed by atoms with Crippen molar-refractivity contribution >= 4 is 0 Å². The maximum absolute atomic E-state index is 5.63. The summed E-state index contributed by atoms with van der Waals surface area (Å²) >= 11 is 0. The van der Waals surface area contributed by atoms with Gasteiger partial charge in [0.2, 0.25) is 0 Å². The lowest BCUT2D eigenvalue weighted by atomic mass is 10.2. The van der Waals surface area contributed by atoms with E-state index in [9.17, 15) is 0 Å². The number of aromatic nitrogens is 2. The number of methoxy groups -OCH3 is 1. The van der Waals surface area contributed by atoms with Crippen molar-refractivity contribution in [2.24, 2.45) is 5.73 Å². The highest BCUT2D eigenvalue weighted by atomic mass is 16.5. The van der Waals surface area contributed by atoms with Crippen molar-refractivity contribution in [3.05, 3.63) is 53.6 Å². The van der Waals surface area contributed by atoms with Crippen molar-refractivity contribution in [3.63, 3.8) is 0 Å². The third-order valence-electron chi connectivity index (χ3n) is 3.86. The highest BCUT2D eigenvalue weighted by Gasteiger charge is 2.13. The zero-order valence-electron chi connectivity index (χ0n) is 14.0. The molecule has 23 heavy (non-hydrogen) atoms. The minimum Gasteiger partial charge on any atom is -0.495 e. The molecule has 0 fully saturated rings. The van der Waals surface area contributed by atoms with E-state index in [1.807, 2.05) is 30.6 Å². The van der Waals surface area contributed by atoms with Gasteiger partial charge < -0.3 is 10.5 Å². The highest BCUT2D eigenvalue weighted by molar-refractivity contribution is 5.26. The molecule has 0 saturated carbocycles. The van der Waals surface area contributed by atoms with Gasteiger partial charge in [-0.15, -0.1) is 0 Å². The number of pyridine rings is 2. The van der Waals surface area contributed by atoms with Crippen LogP contribution in [-0.2, 0) is 13.1 Å². The Kier molecular flexibility index (Phi) is 6.97. The standard InChI is InChI=1S/C18H26N4O/c1-15-7-5-10-20-16(15)13-22(12-4-3-9-19)14-17-18(23-2)8-6-11-21-17/h5-8,10-11H,3-4,9,12-14,19H2,1-2H3. The van der Waals surface area contributed by atoms with Crippen LogP contribution in [0.5, 0.6) is 5.75 Å². The van der Waals surface area contributed by atoms with Crippen LogP contribution in [0.4, 0.5) is 0 Å². The summed E-state index contributed by atoms with van der Waals surface area (Å²) < 4.78 is 5.42. The van der Waals surface area contributed by atoms with E-state index >= 15 is 0 Å². The van der Waals surface area contributed by atoms with Crippen LogP contribution in [0, 0.1) is 6.92 Å². The van der Waals surface area contributed by atoms with Gasteiger partial charge in [-0.3, -0.25) is 14.9 Å². The normalized spacial score (nSPS) is 11.0. The highest BCUT2D eigenvalue weighted by Crippen LogP contribution is 2.18. The lowest BCUT2D eigenvalue weighted by Gasteiger charge is -2.23. The third kappa shape index (κ3) is 5.30. The Bertz CT molecular complexity index is 603. The van der Waals surface area contributed by atoms with Crippen molar-refractivity contribution < 1.29 is 4.74 Å². The lowest BCUT2D eigenvalue weighted by molar-refractivity contribution is 0.241. The van der Waals surface area contributed by atoms with Crippen molar-refractivity contribution in [1.82, 2.24) is 14.9 Å². The summed E-state index contributed by atoms with van der Waals surface area (Å²) in [4.78, 5) is 11.3. The van der Waals surface area contributed by atoms with Crippen LogP contribution in [0.2, 0.25) is 0 Å². The Hall–Kier alpha value is -1.98. The van der Waals surface area contributed by atoms with Crippen LogP contribution in [0.1, 0.15) is 29.8 Å². The van der Waals surface area contributed by atoms with Gasteiger partial charge in [-0.1, -0.05) is 6.07 Å². The number of unbranched alkanes of at least 4 members (excludes halogenated alkanes) is 1. The smallest absolute Gasteiger partial charge is 0.141 e. The van der Waals surface area contributed by atoms with E-state index in [-0.39, 0.29) is 0 Å². The number of ether oxygens (including phenoxy) is 1. The van der Waals surface area contributed by atoms with E-state index in [1.165, 1.54) is 5.56 Å². The van der Waals surface area contributed by atoms with Crippen LogP contribution >= 0.6 is 0 Å². The van der Waals surface area contributed by atoms with Crippen LogP contribution in [-0.4, -0.2) is 35.1 Å². The zero-order valence-corrected chi connectivity index (χ0v) is 14.0. The summed E-state index contributed by atoms with van der Waals surface area (Å²) in [5, 5.41) is 0. The second-order valence-electron chi connectivity index (χ2n) is 5.63. The Morgan fingerprint density at radius 1 is 1.04 bits per heavy atom. The monoisotopic (exact) mass is 314 g/mol. The fourth-order valence-electron chi connectivity index (χ4n) is 2.53. The lowest BCUT2D eigenvalue weighted by Crippen LogP contribution is -2.26. The molecule has 0 spiro atoms. The topological polar surface area (TPSA) is 64.3 Å². The average Bonchev–Trinajstić information content (AvgIpc) is 2.57. The zero-order chi connectivity index (χ0) is 16.5. The molecule has 2 rings (SSSR count). The molecule has 124 valence electrons. The number of nitrogens with zero attached hydrogens (tertiary/aromatic N) is 3. The molecule has 0 bridgehead atoms. The van der Waals surface area contributed by atoms with E-state index < -0.39 is 0 Å². The molecule has 0 saturated heterocycles. The van der Waals surface area contributed by atoms with Gasteiger partial charge in [-0.05, 0) is 56.6 Å². The molecule has 0 unspecified atom stereocenters. The second-order valence-corrected chi connectivity index (χ2v) is 5.63. The van der Waals surface area contributed by atoms with Crippen LogP contribution in [0.15, 0.2) is 36.7 Å². The fourth-order valence-corrected chi connectivity index (χ4v) is 2.53. The number of aryl methyl sites for hydroxylation is 1. The van der Waals surface area contributed by atoms with E-state index in [2.05, 4.69) is 27.9 Å². The Balaban J connectivity index is 2.11. The molecule has 2 aromatic heterocycles. The summed E-state index contributed by atoms with van der Waals surface area (Å²) in [7, 11) is 1.68. The fraction of sp³-hybridized carbons (Fsp3) is 0.444. The Morgan fingerprint density at radius 3 is 2.43 bits per heavy atom. The quantitative estimate of drug-likeness (QED) is 0.721. The molecule has 2 N–H and O–H groups in total. The number of hydrogen-bond acceptors (Lipinski definition) is 5. The number of nitrogens with two attached hydrogens (primary N) is 1. The SMILES string of the molecule is COc1cccnc1CN(CCCCN)Cc1ncccc1C. The molecule has 0 aliphatic rings. The van der Waals surface area contributed by atoms with E-state index in [0.717, 1.165) is 56.2 Å². The minimum atomic E-state index is 0.726. The van der Waals surface area contributed by atoms with Gasteiger partial charge in [0.05, 0.1) is 18.5 Å². The molecule has 0 aromatic carbocycles. The van der Waals surface area contributed by atoms with E-state index in [1.54, 1.807) is 7.11 Å². The van der Waals surface area contributed by atoms with E-state index in [0.29, 0.717) is 0 Å². The van der Waals surface area contributed by atoms with Gasteiger partial charge in [0.25, 0.3) is 0 Å². The van der Waals surface area contributed by atoms with Gasteiger partial charge >= 0.3 is 0 Å². The molecule has 0 amide bonds. The van der Waals surface area contributed by atoms with Crippen molar-refractivity contribution in [1.29, 1.82) is 0 Å². The molecule has 0 aliphatic carbocycles. The maximum Gasteiger partial charge on any atom is 0.141 e. The molecule has 5 heteroatoms.